The summed E-state index contributed by atoms with van der Waals surface area (Å²) in [5, 5.41) is 12.3. The van der Waals surface area contributed by atoms with Gasteiger partial charge in [-0.3, -0.25) is 4.79 Å². The van der Waals surface area contributed by atoms with Crippen molar-refractivity contribution in [1.29, 1.82) is 0 Å². The summed E-state index contributed by atoms with van der Waals surface area (Å²) < 4.78 is 0. The number of benzene rings is 4. The Morgan fingerprint density at radius 1 is 0.743 bits per heavy atom. The van der Waals surface area contributed by atoms with E-state index in [-0.39, 0.29) is 5.91 Å². The van der Waals surface area contributed by atoms with Crippen LogP contribution in [0, 0.1) is 13.8 Å². The van der Waals surface area contributed by atoms with E-state index >= 15 is 0 Å². The Morgan fingerprint density at radius 2 is 1.43 bits per heavy atom. The number of carbonyl (C=O) groups is 1. The number of carbonyl (C=O) groups excluding carboxylic acids is 1. The minimum Gasteiger partial charge on any atom is -0.322 e. The van der Waals surface area contributed by atoms with Crippen LogP contribution in [0.2, 0.25) is 0 Å². The van der Waals surface area contributed by atoms with E-state index in [0.29, 0.717) is 16.9 Å². The molecule has 5 rings (SSSR count). The molecule has 5 nitrogen and oxygen atoms in total. The lowest BCUT2D eigenvalue weighted by Gasteiger charge is -2.12. The van der Waals surface area contributed by atoms with Crippen molar-refractivity contribution >= 4 is 33.9 Å². The number of azo groups is 1. The number of nitrogens with zero attached hydrogens (tertiary/aromatic N) is 3. The Hall–Kier alpha value is -4.64. The van der Waals surface area contributed by atoms with Crippen molar-refractivity contribution in [2.45, 2.75) is 13.8 Å². The lowest BCUT2D eigenvalue weighted by Crippen LogP contribution is -2.13. The molecule has 4 aromatic carbocycles. The normalized spacial score (nSPS) is 11.1. The Kier molecular flexibility index (Phi) is 6.14. The topological polar surface area (TPSA) is 66.7 Å². The predicted molar refractivity (Wildman–Crippen MR) is 142 cm³/mol. The average Bonchev–Trinajstić information content (AvgIpc) is 2.88. The standard InChI is InChI=1S/C30H24N4O/c1-20-12-17-25(21(2)18-20)29-19-27(26-10-6-7-11-28(26)32-29)30(35)31-22-13-15-24(16-14-22)34-33-23-8-4-3-5-9-23/h3-19H,1-2H3,(H,31,35). The van der Waals surface area contributed by atoms with Crippen LogP contribution in [0.1, 0.15) is 21.5 Å². The molecular weight excluding hydrogens is 432 g/mol. The molecule has 5 aromatic rings. The maximum Gasteiger partial charge on any atom is 0.256 e. The fourth-order valence-electron chi connectivity index (χ4n) is 4.02. The van der Waals surface area contributed by atoms with Crippen LogP contribution >= 0.6 is 0 Å². The van der Waals surface area contributed by atoms with Crippen molar-refractivity contribution in [3.8, 4) is 11.3 Å². The zero-order valence-corrected chi connectivity index (χ0v) is 19.6. The molecule has 0 fully saturated rings. The summed E-state index contributed by atoms with van der Waals surface area (Å²) in [5.41, 5.74) is 7.66. The molecule has 0 radical (unpaired) electrons. The quantitative estimate of drug-likeness (QED) is 0.271. The summed E-state index contributed by atoms with van der Waals surface area (Å²) >= 11 is 0. The highest BCUT2D eigenvalue weighted by Gasteiger charge is 2.15. The minimum atomic E-state index is -0.187. The number of para-hydroxylation sites is 1. The third-order valence-electron chi connectivity index (χ3n) is 5.78. The van der Waals surface area contributed by atoms with Crippen molar-refractivity contribution < 1.29 is 4.79 Å². The summed E-state index contributed by atoms with van der Waals surface area (Å²) in [6.45, 7) is 4.13. The van der Waals surface area contributed by atoms with E-state index in [1.165, 1.54) is 5.56 Å². The average molecular weight is 457 g/mol. The van der Waals surface area contributed by atoms with Gasteiger partial charge in [-0.2, -0.15) is 10.2 Å². The van der Waals surface area contributed by atoms with E-state index in [0.717, 1.165) is 33.4 Å². The molecule has 35 heavy (non-hydrogen) atoms. The Labute approximate surface area is 204 Å². The van der Waals surface area contributed by atoms with Gasteiger partial charge in [-0.25, -0.2) is 4.98 Å². The Balaban J connectivity index is 1.43. The smallest absolute Gasteiger partial charge is 0.256 e. The van der Waals surface area contributed by atoms with Gasteiger partial charge in [0.15, 0.2) is 0 Å². The third-order valence-corrected chi connectivity index (χ3v) is 5.78. The van der Waals surface area contributed by atoms with Gasteiger partial charge < -0.3 is 5.32 Å². The third kappa shape index (κ3) is 4.99. The SMILES string of the molecule is Cc1ccc(-c2cc(C(=O)Nc3ccc(N=Nc4ccccc4)cc3)c3ccccc3n2)c(C)c1. The van der Waals surface area contributed by atoms with Crippen molar-refractivity contribution in [3.63, 3.8) is 0 Å². The molecule has 0 saturated heterocycles. The molecule has 0 aliphatic carbocycles. The summed E-state index contributed by atoms with van der Waals surface area (Å²) in [6.07, 6.45) is 0. The highest BCUT2D eigenvalue weighted by Crippen LogP contribution is 2.28. The van der Waals surface area contributed by atoms with Gasteiger partial charge >= 0.3 is 0 Å². The molecule has 0 spiro atoms. The molecule has 1 N–H and O–H groups in total. The van der Waals surface area contributed by atoms with Crippen LogP contribution in [-0.4, -0.2) is 10.9 Å². The summed E-state index contributed by atoms with van der Waals surface area (Å²) in [6, 6.07) is 32.7. The fourth-order valence-corrected chi connectivity index (χ4v) is 4.02. The van der Waals surface area contributed by atoms with E-state index < -0.39 is 0 Å². The number of nitrogens with one attached hydrogen (secondary N) is 1. The van der Waals surface area contributed by atoms with Gasteiger partial charge in [-0.15, -0.1) is 0 Å². The number of aryl methyl sites for hydroxylation is 2. The first-order valence-corrected chi connectivity index (χ1v) is 11.4. The second kappa shape index (κ2) is 9.69. The number of pyridine rings is 1. The zero-order chi connectivity index (χ0) is 24.2. The molecule has 5 heteroatoms. The molecule has 170 valence electrons. The molecule has 1 heterocycles. The number of anilines is 1. The van der Waals surface area contributed by atoms with Gasteiger partial charge in [-0.1, -0.05) is 60.2 Å². The minimum absolute atomic E-state index is 0.187. The number of fused-ring (bicyclic) bond motifs is 1. The maximum atomic E-state index is 13.4. The number of rotatable bonds is 5. The van der Waals surface area contributed by atoms with E-state index in [9.17, 15) is 4.79 Å². The monoisotopic (exact) mass is 456 g/mol. The first kappa shape index (κ1) is 22.2. The van der Waals surface area contributed by atoms with E-state index in [2.05, 4.69) is 47.6 Å². The van der Waals surface area contributed by atoms with Gasteiger partial charge in [-0.05, 0) is 67.9 Å². The van der Waals surface area contributed by atoms with Crippen molar-refractivity contribution in [1.82, 2.24) is 4.98 Å². The van der Waals surface area contributed by atoms with E-state index in [4.69, 9.17) is 4.98 Å². The van der Waals surface area contributed by atoms with E-state index in [1.54, 1.807) is 0 Å². The Bertz CT molecular complexity index is 1540. The first-order valence-electron chi connectivity index (χ1n) is 11.4. The second-order valence-electron chi connectivity index (χ2n) is 8.43. The number of amides is 1. The molecule has 0 aliphatic heterocycles. The highest BCUT2D eigenvalue weighted by atomic mass is 16.1. The first-order chi connectivity index (χ1) is 17.1. The number of hydrogen-bond donors (Lipinski definition) is 1. The Morgan fingerprint density at radius 3 is 2.17 bits per heavy atom. The largest absolute Gasteiger partial charge is 0.322 e. The molecule has 0 aliphatic rings. The predicted octanol–water partition coefficient (Wildman–Crippen LogP) is 8.19. The van der Waals surface area contributed by atoms with Crippen LogP contribution in [0.15, 0.2) is 113 Å². The van der Waals surface area contributed by atoms with Gasteiger partial charge in [0.05, 0.1) is 28.1 Å². The van der Waals surface area contributed by atoms with Crippen molar-refractivity contribution in [3.05, 3.63) is 120 Å². The van der Waals surface area contributed by atoms with Gasteiger partial charge in [0.25, 0.3) is 5.91 Å². The highest BCUT2D eigenvalue weighted by molar-refractivity contribution is 6.13. The van der Waals surface area contributed by atoms with Crippen LogP contribution < -0.4 is 5.32 Å². The molecule has 1 amide bonds. The number of aromatic nitrogens is 1. The zero-order valence-electron chi connectivity index (χ0n) is 19.6. The fraction of sp³-hybridized carbons (Fsp3) is 0.0667. The molecule has 1 aromatic heterocycles. The maximum absolute atomic E-state index is 13.4. The summed E-state index contributed by atoms with van der Waals surface area (Å²) in [7, 11) is 0. The summed E-state index contributed by atoms with van der Waals surface area (Å²) in [4.78, 5) is 18.2. The summed E-state index contributed by atoms with van der Waals surface area (Å²) in [5.74, 6) is -0.187. The van der Waals surface area contributed by atoms with Gasteiger partial charge in [0.1, 0.15) is 0 Å². The van der Waals surface area contributed by atoms with E-state index in [1.807, 2.05) is 84.9 Å². The van der Waals surface area contributed by atoms with Crippen molar-refractivity contribution in [2.24, 2.45) is 10.2 Å². The molecule has 0 unspecified atom stereocenters. The van der Waals surface area contributed by atoms with Gasteiger partial charge in [0, 0.05) is 16.6 Å². The lowest BCUT2D eigenvalue weighted by molar-refractivity contribution is 0.102. The molecule has 0 bridgehead atoms. The second-order valence-corrected chi connectivity index (χ2v) is 8.43. The van der Waals surface area contributed by atoms with Crippen LogP contribution in [0.5, 0.6) is 0 Å². The van der Waals surface area contributed by atoms with Crippen LogP contribution in [-0.2, 0) is 0 Å². The molecular formula is C30H24N4O. The van der Waals surface area contributed by atoms with Gasteiger partial charge in [0.2, 0.25) is 0 Å². The van der Waals surface area contributed by atoms with Crippen LogP contribution in [0.4, 0.5) is 17.1 Å². The molecule has 0 atom stereocenters. The lowest BCUT2D eigenvalue weighted by atomic mass is 9.99. The number of hydrogen-bond acceptors (Lipinski definition) is 4. The molecule has 0 saturated carbocycles. The van der Waals surface area contributed by atoms with Crippen LogP contribution in [0.3, 0.4) is 0 Å². The van der Waals surface area contributed by atoms with Crippen LogP contribution in [0.25, 0.3) is 22.2 Å². The van der Waals surface area contributed by atoms with Crippen molar-refractivity contribution in [2.75, 3.05) is 5.32 Å².